The number of thiocarbonyl (C=S) groups is 1. The van der Waals surface area contributed by atoms with Crippen molar-refractivity contribution in [3.63, 3.8) is 0 Å². The van der Waals surface area contributed by atoms with Gasteiger partial charge in [0.05, 0.1) is 0 Å². The molecule has 1 saturated heterocycles. The molecule has 1 aromatic rings. The second kappa shape index (κ2) is 6.33. The summed E-state index contributed by atoms with van der Waals surface area (Å²) < 4.78 is 0. The number of rotatable bonds is 2. The lowest BCUT2D eigenvalue weighted by molar-refractivity contribution is 0.0696. The van der Waals surface area contributed by atoms with E-state index in [9.17, 15) is 4.79 Å². The van der Waals surface area contributed by atoms with Crippen LogP contribution in [0.1, 0.15) is 29.3 Å². The molecule has 2 rings (SSSR count). The number of nitrogens with two attached hydrogens (primary N) is 1. The van der Waals surface area contributed by atoms with Crippen LogP contribution < -0.4 is 5.73 Å². The van der Waals surface area contributed by atoms with Gasteiger partial charge in [-0.25, -0.2) is 0 Å². The van der Waals surface area contributed by atoms with Gasteiger partial charge in [-0.15, -0.1) is 0 Å². The molecule has 1 aromatic carbocycles. The van der Waals surface area contributed by atoms with Gasteiger partial charge in [0.25, 0.3) is 5.91 Å². The molecule has 0 bridgehead atoms. The molecule has 1 heterocycles. The lowest BCUT2D eigenvalue weighted by Gasteiger charge is -2.28. The maximum atomic E-state index is 12.6. The zero-order valence-corrected chi connectivity index (χ0v) is 12.8. The van der Waals surface area contributed by atoms with Gasteiger partial charge in [-0.3, -0.25) is 4.79 Å². The second-order valence-corrected chi connectivity index (χ2v) is 5.84. The first-order valence-corrected chi connectivity index (χ1v) is 7.29. The molecule has 1 unspecified atom stereocenters. The summed E-state index contributed by atoms with van der Waals surface area (Å²) in [5.74, 6) is 0.0855. The molecule has 5 heteroatoms. The summed E-state index contributed by atoms with van der Waals surface area (Å²) in [6, 6.07) is 7.45. The molecule has 1 fully saturated rings. The van der Waals surface area contributed by atoms with E-state index in [1.165, 1.54) is 0 Å². The lowest BCUT2D eigenvalue weighted by Crippen LogP contribution is -2.42. The summed E-state index contributed by atoms with van der Waals surface area (Å²) in [6.07, 6.45) is 1.01. The topological polar surface area (TPSA) is 49.6 Å². The van der Waals surface area contributed by atoms with Crippen molar-refractivity contribution in [3.8, 4) is 0 Å². The molecule has 108 valence electrons. The van der Waals surface area contributed by atoms with Crippen LogP contribution in [-0.2, 0) is 0 Å². The Morgan fingerprint density at radius 2 is 1.85 bits per heavy atom. The van der Waals surface area contributed by atoms with Crippen molar-refractivity contribution >= 4 is 23.1 Å². The lowest BCUT2D eigenvalue weighted by atomic mass is 10.1. The first kappa shape index (κ1) is 14.9. The number of amides is 1. The number of hydrogen-bond donors (Lipinski definition) is 1. The summed E-state index contributed by atoms with van der Waals surface area (Å²) in [7, 11) is 2.10. The largest absolute Gasteiger partial charge is 0.389 e. The molecule has 4 nitrogen and oxygen atoms in total. The molecule has 20 heavy (non-hydrogen) atoms. The molecule has 2 N–H and O–H groups in total. The molecular formula is C15H21N3OS. The standard InChI is InChI=1S/C15H21N3OS/c1-11-10-17(2)8-3-9-18(11)15(19)13-6-4-12(5-7-13)14(16)20/h4-7,11H,3,8-10H2,1-2H3,(H2,16,20). The van der Waals surface area contributed by atoms with Crippen molar-refractivity contribution in [3.05, 3.63) is 35.4 Å². The Kier molecular flexibility index (Phi) is 4.73. The number of benzene rings is 1. The maximum absolute atomic E-state index is 12.6. The van der Waals surface area contributed by atoms with Crippen LogP contribution in [0.4, 0.5) is 0 Å². The van der Waals surface area contributed by atoms with Gasteiger partial charge < -0.3 is 15.5 Å². The third-order valence-corrected chi connectivity index (χ3v) is 3.96. The number of likely N-dealkylation sites (N-methyl/N-ethyl adjacent to an activating group) is 1. The molecule has 1 aliphatic rings. The quantitative estimate of drug-likeness (QED) is 0.839. The van der Waals surface area contributed by atoms with Crippen molar-refractivity contribution in [2.75, 3.05) is 26.7 Å². The second-order valence-electron chi connectivity index (χ2n) is 5.40. The predicted octanol–water partition coefficient (Wildman–Crippen LogP) is 1.49. The Labute approximate surface area is 125 Å². The highest BCUT2D eigenvalue weighted by atomic mass is 32.1. The highest BCUT2D eigenvalue weighted by molar-refractivity contribution is 7.80. The normalized spacial score (nSPS) is 20.5. The summed E-state index contributed by atoms with van der Waals surface area (Å²) in [5, 5.41) is 0. The Hall–Kier alpha value is -1.46. The van der Waals surface area contributed by atoms with Crippen molar-refractivity contribution in [1.29, 1.82) is 0 Å². The van der Waals surface area contributed by atoms with Crippen LogP contribution in [0.3, 0.4) is 0 Å². The molecule has 0 saturated carbocycles. The Morgan fingerprint density at radius 1 is 1.25 bits per heavy atom. The zero-order chi connectivity index (χ0) is 14.7. The van der Waals surface area contributed by atoms with Crippen molar-refractivity contribution in [2.24, 2.45) is 5.73 Å². The highest BCUT2D eigenvalue weighted by Crippen LogP contribution is 2.14. The van der Waals surface area contributed by atoms with Crippen molar-refractivity contribution in [2.45, 2.75) is 19.4 Å². The fourth-order valence-corrected chi connectivity index (χ4v) is 2.75. The van der Waals surface area contributed by atoms with Crippen LogP contribution in [0.2, 0.25) is 0 Å². The Morgan fingerprint density at radius 3 is 2.45 bits per heavy atom. The van der Waals surface area contributed by atoms with Crippen LogP contribution in [-0.4, -0.2) is 53.4 Å². The van der Waals surface area contributed by atoms with Crippen LogP contribution >= 0.6 is 12.2 Å². The average molecular weight is 291 g/mol. The van der Waals surface area contributed by atoms with E-state index in [0.29, 0.717) is 10.6 Å². The van der Waals surface area contributed by atoms with E-state index in [1.807, 2.05) is 17.0 Å². The van der Waals surface area contributed by atoms with Crippen molar-refractivity contribution < 1.29 is 4.79 Å². The van der Waals surface area contributed by atoms with E-state index in [2.05, 4.69) is 18.9 Å². The van der Waals surface area contributed by atoms with Gasteiger partial charge in [0.1, 0.15) is 4.99 Å². The fourth-order valence-electron chi connectivity index (χ4n) is 2.62. The van der Waals surface area contributed by atoms with Crippen LogP contribution in [0, 0.1) is 0 Å². The highest BCUT2D eigenvalue weighted by Gasteiger charge is 2.24. The van der Waals surface area contributed by atoms with E-state index >= 15 is 0 Å². The number of carbonyl (C=O) groups excluding carboxylic acids is 1. The number of hydrogen-bond acceptors (Lipinski definition) is 3. The molecule has 0 aliphatic carbocycles. The van der Waals surface area contributed by atoms with E-state index < -0.39 is 0 Å². The fraction of sp³-hybridized carbons (Fsp3) is 0.467. The number of nitrogens with zero attached hydrogens (tertiary/aromatic N) is 2. The van der Waals surface area contributed by atoms with Gasteiger partial charge in [-0.2, -0.15) is 0 Å². The van der Waals surface area contributed by atoms with Gasteiger partial charge >= 0.3 is 0 Å². The minimum atomic E-state index is 0.0855. The first-order valence-electron chi connectivity index (χ1n) is 6.88. The molecule has 0 aromatic heterocycles. The monoisotopic (exact) mass is 291 g/mol. The van der Waals surface area contributed by atoms with Gasteiger partial charge in [0.2, 0.25) is 0 Å². The summed E-state index contributed by atoms with van der Waals surface area (Å²) >= 11 is 4.92. The summed E-state index contributed by atoms with van der Waals surface area (Å²) in [4.78, 5) is 17.2. The Bertz CT molecular complexity index is 500. The predicted molar refractivity (Wildman–Crippen MR) is 84.9 cm³/mol. The number of carbonyl (C=O) groups is 1. The average Bonchev–Trinajstić information content (AvgIpc) is 2.58. The molecule has 1 atom stereocenters. The van der Waals surface area contributed by atoms with Gasteiger partial charge in [0.15, 0.2) is 0 Å². The molecule has 0 radical (unpaired) electrons. The van der Waals surface area contributed by atoms with Gasteiger partial charge in [-0.05, 0) is 39.1 Å². The van der Waals surface area contributed by atoms with Crippen LogP contribution in [0.25, 0.3) is 0 Å². The van der Waals surface area contributed by atoms with Crippen LogP contribution in [0.5, 0.6) is 0 Å². The van der Waals surface area contributed by atoms with E-state index in [4.69, 9.17) is 18.0 Å². The first-order chi connectivity index (χ1) is 9.49. The van der Waals surface area contributed by atoms with Crippen molar-refractivity contribution in [1.82, 2.24) is 9.80 Å². The van der Waals surface area contributed by atoms with Gasteiger partial charge in [-0.1, -0.05) is 24.4 Å². The third kappa shape index (κ3) is 3.35. The van der Waals surface area contributed by atoms with E-state index in [0.717, 1.165) is 31.6 Å². The Balaban J connectivity index is 2.15. The molecule has 0 spiro atoms. The minimum absolute atomic E-state index is 0.0855. The van der Waals surface area contributed by atoms with Gasteiger partial charge in [0, 0.05) is 30.3 Å². The molecule has 1 aliphatic heterocycles. The van der Waals surface area contributed by atoms with E-state index in [1.54, 1.807) is 12.1 Å². The smallest absolute Gasteiger partial charge is 0.254 e. The van der Waals surface area contributed by atoms with E-state index in [-0.39, 0.29) is 11.9 Å². The summed E-state index contributed by atoms with van der Waals surface area (Å²) in [6.45, 7) is 4.86. The molecule has 1 amide bonds. The third-order valence-electron chi connectivity index (χ3n) is 3.72. The maximum Gasteiger partial charge on any atom is 0.254 e. The summed E-state index contributed by atoms with van der Waals surface area (Å²) in [5.41, 5.74) is 7.06. The minimum Gasteiger partial charge on any atom is -0.389 e. The van der Waals surface area contributed by atoms with Crippen LogP contribution in [0.15, 0.2) is 24.3 Å². The molecular weight excluding hydrogens is 270 g/mol. The SMILES string of the molecule is CC1CN(C)CCCN1C(=O)c1ccc(C(N)=S)cc1. The zero-order valence-electron chi connectivity index (χ0n) is 12.0.